The highest BCUT2D eigenvalue weighted by molar-refractivity contribution is 6.36. The van der Waals surface area contributed by atoms with Crippen LogP contribution in [0.25, 0.3) is 11.1 Å². The van der Waals surface area contributed by atoms with E-state index in [1.54, 1.807) is 25.1 Å². The number of primary amides is 1. The summed E-state index contributed by atoms with van der Waals surface area (Å²) < 4.78 is 19.7. The Morgan fingerprint density at radius 1 is 1.25 bits per heavy atom. The van der Waals surface area contributed by atoms with Gasteiger partial charge in [-0.2, -0.15) is 0 Å². The van der Waals surface area contributed by atoms with Gasteiger partial charge >= 0.3 is 0 Å². The first-order chi connectivity index (χ1) is 13.3. The van der Waals surface area contributed by atoms with Gasteiger partial charge in [0.2, 0.25) is 0 Å². The van der Waals surface area contributed by atoms with E-state index in [9.17, 15) is 9.18 Å². The van der Waals surface area contributed by atoms with Gasteiger partial charge in [-0.3, -0.25) is 9.78 Å². The second-order valence-electron chi connectivity index (χ2n) is 5.89. The summed E-state index contributed by atoms with van der Waals surface area (Å²) in [5, 5.41) is 0.121. The Morgan fingerprint density at radius 3 is 2.71 bits per heavy atom. The molecular formula is C19H15Cl2FN4O2. The number of ether oxygens (including phenoxy) is 1. The molecule has 3 rings (SSSR count). The van der Waals surface area contributed by atoms with Crippen molar-refractivity contribution in [1.82, 2.24) is 9.97 Å². The summed E-state index contributed by atoms with van der Waals surface area (Å²) in [4.78, 5) is 19.7. The van der Waals surface area contributed by atoms with Crippen LogP contribution in [0.5, 0.6) is 5.75 Å². The molecule has 0 aliphatic rings. The molecule has 2 aromatic heterocycles. The summed E-state index contributed by atoms with van der Waals surface area (Å²) in [5.74, 6) is -0.983. The second kappa shape index (κ2) is 8.00. The number of pyridine rings is 2. The molecule has 0 fully saturated rings. The lowest BCUT2D eigenvalue weighted by atomic mass is 10.1. The Hall–Kier alpha value is -2.90. The third-order valence-corrected chi connectivity index (χ3v) is 4.74. The van der Waals surface area contributed by atoms with Gasteiger partial charge in [0.05, 0.1) is 5.02 Å². The summed E-state index contributed by atoms with van der Waals surface area (Å²) in [7, 11) is 0. The van der Waals surface area contributed by atoms with Crippen molar-refractivity contribution >= 4 is 34.9 Å². The SMILES string of the molecule is CC(Oc1cc(-c2cccnc2C(N)=O)cnc1N)c1c(Cl)ccc(F)c1Cl. The van der Waals surface area contributed by atoms with E-state index < -0.39 is 17.8 Å². The van der Waals surface area contributed by atoms with Gasteiger partial charge in [-0.1, -0.05) is 29.3 Å². The Balaban J connectivity index is 2.00. The van der Waals surface area contributed by atoms with E-state index in [0.717, 1.165) is 0 Å². The lowest BCUT2D eigenvalue weighted by Crippen LogP contribution is -2.14. The molecule has 6 nitrogen and oxygen atoms in total. The number of hydrogen-bond acceptors (Lipinski definition) is 5. The molecule has 0 bridgehead atoms. The Morgan fingerprint density at radius 2 is 2.00 bits per heavy atom. The molecule has 0 radical (unpaired) electrons. The normalized spacial score (nSPS) is 11.9. The van der Waals surface area contributed by atoms with Crippen LogP contribution in [0.2, 0.25) is 10.0 Å². The van der Waals surface area contributed by atoms with Gasteiger partial charge in [-0.25, -0.2) is 9.37 Å². The first kappa shape index (κ1) is 19.9. The van der Waals surface area contributed by atoms with E-state index in [2.05, 4.69) is 9.97 Å². The summed E-state index contributed by atoms with van der Waals surface area (Å²) in [5.41, 5.74) is 12.7. The molecule has 1 amide bonds. The predicted molar refractivity (Wildman–Crippen MR) is 106 cm³/mol. The summed E-state index contributed by atoms with van der Waals surface area (Å²) in [6.45, 7) is 1.65. The fraction of sp³-hybridized carbons (Fsp3) is 0.105. The first-order valence-corrected chi connectivity index (χ1v) is 8.86. The molecule has 2 heterocycles. The molecule has 1 aromatic carbocycles. The monoisotopic (exact) mass is 420 g/mol. The number of nitrogen functional groups attached to an aromatic ring is 1. The zero-order valence-corrected chi connectivity index (χ0v) is 16.1. The molecule has 144 valence electrons. The number of rotatable bonds is 5. The van der Waals surface area contributed by atoms with E-state index >= 15 is 0 Å². The molecular weight excluding hydrogens is 406 g/mol. The van der Waals surface area contributed by atoms with Crippen LogP contribution >= 0.6 is 23.2 Å². The molecule has 1 unspecified atom stereocenters. The van der Waals surface area contributed by atoms with E-state index in [1.165, 1.54) is 24.5 Å². The molecule has 0 saturated heterocycles. The maximum Gasteiger partial charge on any atom is 0.267 e. The average molecular weight is 421 g/mol. The number of carbonyl (C=O) groups is 1. The zero-order chi connectivity index (χ0) is 20.4. The number of nitrogens with two attached hydrogens (primary N) is 2. The number of benzene rings is 1. The van der Waals surface area contributed by atoms with E-state index in [-0.39, 0.29) is 32.9 Å². The Labute approximate surface area is 170 Å². The highest BCUT2D eigenvalue weighted by Crippen LogP contribution is 2.37. The third kappa shape index (κ3) is 3.85. The zero-order valence-electron chi connectivity index (χ0n) is 14.6. The summed E-state index contributed by atoms with van der Waals surface area (Å²) in [6.07, 6.45) is 2.21. The van der Waals surface area contributed by atoms with Gasteiger partial charge in [0.15, 0.2) is 11.6 Å². The van der Waals surface area contributed by atoms with Crippen LogP contribution in [-0.4, -0.2) is 15.9 Å². The number of anilines is 1. The summed E-state index contributed by atoms with van der Waals surface area (Å²) in [6, 6.07) is 7.49. The third-order valence-electron chi connectivity index (χ3n) is 4.02. The van der Waals surface area contributed by atoms with Gasteiger partial charge < -0.3 is 16.2 Å². The predicted octanol–water partition coefficient (Wildman–Crippen LogP) is 4.41. The van der Waals surface area contributed by atoms with Gasteiger partial charge in [-0.05, 0) is 31.2 Å². The van der Waals surface area contributed by atoms with Crippen molar-refractivity contribution in [2.75, 3.05) is 5.73 Å². The lowest BCUT2D eigenvalue weighted by molar-refractivity contribution is 0.0996. The smallest absolute Gasteiger partial charge is 0.267 e. The van der Waals surface area contributed by atoms with Crippen molar-refractivity contribution in [2.24, 2.45) is 5.73 Å². The topological polar surface area (TPSA) is 104 Å². The van der Waals surface area contributed by atoms with Crippen molar-refractivity contribution in [2.45, 2.75) is 13.0 Å². The molecule has 3 aromatic rings. The standard InChI is InChI=1S/C19H15Cl2FN4O2/c1-9(15-12(20)4-5-13(22)16(15)21)28-14-7-10(8-26-18(14)23)11-3-2-6-25-17(11)19(24)27/h2-9H,1H3,(H2,23,26)(H2,24,27). The maximum atomic E-state index is 13.8. The quantitative estimate of drug-likeness (QED) is 0.594. The highest BCUT2D eigenvalue weighted by Gasteiger charge is 2.20. The van der Waals surface area contributed by atoms with Crippen molar-refractivity contribution in [1.29, 1.82) is 0 Å². The molecule has 0 aliphatic carbocycles. The van der Waals surface area contributed by atoms with Crippen LogP contribution in [0.15, 0.2) is 42.7 Å². The second-order valence-corrected chi connectivity index (χ2v) is 6.67. The van der Waals surface area contributed by atoms with Gasteiger partial charge in [-0.15, -0.1) is 0 Å². The Bertz CT molecular complexity index is 1060. The van der Waals surface area contributed by atoms with Crippen molar-refractivity contribution in [3.63, 3.8) is 0 Å². The molecule has 0 spiro atoms. The molecule has 0 saturated carbocycles. The molecule has 0 aliphatic heterocycles. The minimum Gasteiger partial charge on any atom is -0.482 e. The molecule has 1 atom stereocenters. The van der Waals surface area contributed by atoms with E-state index in [0.29, 0.717) is 11.1 Å². The lowest BCUT2D eigenvalue weighted by Gasteiger charge is -2.19. The van der Waals surface area contributed by atoms with E-state index in [1.807, 2.05) is 0 Å². The minimum absolute atomic E-state index is 0.0873. The van der Waals surface area contributed by atoms with Crippen LogP contribution < -0.4 is 16.2 Å². The molecule has 28 heavy (non-hydrogen) atoms. The fourth-order valence-corrected chi connectivity index (χ4v) is 3.37. The van der Waals surface area contributed by atoms with Crippen molar-refractivity contribution in [3.05, 3.63) is 69.8 Å². The minimum atomic E-state index is -0.723. The van der Waals surface area contributed by atoms with Gasteiger partial charge in [0.1, 0.15) is 17.6 Å². The van der Waals surface area contributed by atoms with Gasteiger partial charge in [0, 0.05) is 34.1 Å². The number of aromatic nitrogens is 2. The van der Waals surface area contributed by atoms with Crippen molar-refractivity contribution in [3.8, 4) is 16.9 Å². The van der Waals surface area contributed by atoms with Gasteiger partial charge in [0.25, 0.3) is 5.91 Å². The van der Waals surface area contributed by atoms with Crippen molar-refractivity contribution < 1.29 is 13.9 Å². The first-order valence-electron chi connectivity index (χ1n) is 8.10. The van der Waals surface area contributed by atoms with Crippen LogP contribution in [0.3, 0.4) is 0 Å². The molecule has 9 heteroatoms. The van der Waals surface area contributed by atoms with Crippen LogP contribution in [0.4, 0.5) is 10.2 Å². The van der Waals surface area contributed by atoms with E-state index in [4.69, 9.17) is 39.4 Å². The van der Waals surface area contributed by atoms with Crippen LogP contribution in [0.1, 0.15) is 29.1 Å². The number of nitrogens with zero attached hydrogens (tertiary/aromatic N) is 2. The highest BCUT2D eigenvalue weighted by atomic mass is 35.5. The Kier molecular flexibility index (Phi) is 5.67. The number of amides is 1. The molecule has 4 N–H and O–H groups in total. The summed E-state index contributed by atoms with van der Waals surface area (Å²) >= 11 is 12.2. The fourth-order valence-electron chi connectivity index (χ4n) is 2.70. The maximum absolute atomic E-state index is 13.8. The average Bonchev–Trinajstić information content (AvgIpc) is 2.67. The number of halogens is 3. The van der Waals surface area contributed by atoms with Crippen LogP contribution in [0, 0.1) is 5.82 Å². The van der Waals surface area contributed by atoms with Crippen LogP contribution in [-0.2, 0) is 0 Å². The number of carbonyl (C=O) groups excluding carboxylic acids is 1. The largest absolute Gasteiger partial charge is 0.482 e. The number of hydrogen-bond donors (Lipinski definition) is 2.